The Morgan fingerprint density at radius 2 is 1.64 bits per heavy atom. The molecular weight excluding hydrogens is 174 g/mol. The molecular formula is C12H21NO. The second kappa shape index (κ2) is 3.11. The molecule has 1 aliphatic heterocycles. The molecule has 2 nitrogen and oxygen atoms in total. The van der Waals surface area contributed by atoms with Crippen LogP contribution in [0.1, 0.15) is 41.5 Å². The number of carbonyl (C=O) groups is 1. The zero-order valence-electron chi connectivity index (χ0n) is 10.1. The van der Waals surface area contributed by atoms with E-state index in [4.69, 9.17) is 0 Å². The Morgan fingerprint density at radius 3 is 1.86 bits per heavy atom. The minimum Gasteiger partial charge on any atom is -0.330 e. The van der Waals surface area contributed by atoms with Gasteiger partial charge < -0.3 is 4.90 Å². The Morgan fingerprint density at radius 1 is 1.14 bits per heavy atom. The lowest BCUT2D eigenvalue weighted by atomic mass is 9.86. The number of carbonyl (C=O) groups excluding carboxylic acids is 1. The van der Waals surface area contributed by atoms with Gasteiger partial charge in [-0.3, -0.25) is 4.79 Å². The zero-order valence-corrected chi connectivity index (χ0v) is 10.1. The summed E-state index contributed by atoms with van der Waals surface area (Å²) in [5.41, 5.74) is 0.852. The van der Waals surface area contributed by atoms with Gasteiger partial charge in [0, 0.05) is 17.7 Å². The summed E-state index contributed by atoms with van der Waals surface area (Å²) >= 11 is 0. The van der Waals surface area contributed by atoms with E-state index in [0.717, 1.165) is 12.1 Å². The van der Waals surface area contributed by atoms with Crippen LogP contribution < -0.4 is 0 Å². The molecule has 1 heterocycles. The van der Waals surface area contributed by atoms with Gasteiger partial charge in [0.15, 0.2) is 0 Å². The summed E-state index contributed by atoms with van der Waals surface area (Å²) in [5, 5.41) is 0. The fourth-order valence-corrected chi connectivity index (χ4v) is 1.70. The Balaban J connectivity index is 2.88. The van der Waals surface area contributed by atoms with E-state index < -0.39 is 0 Å². The van der Waals surface area contributed by atoms with Gasteiger partial charge in [-0.1, -0.05) is 26.8 Å². The highest BCUT2D eigenvalue weighted by Crippen LogP contribution is 2.32. The molecule has 0 saturated heterocycles. The van der Waals surface area contributed by atoms with Crippen LogP contribution >= 0.6 is 0 Å². The minimum absolute atomic E-state index is 0.0307. The molecule has 0 atom stereocenters. The monoisotopic (exact) mass is 195 g/mol. The molecule has 0 aliphatic carbocycles. The second-order valence-corrected chi connectivity index (χ2v) is 5.95. The third-order valence-electron chi connectivity index (χ3n) is 2.57. The number of rotatable bonds is 0. The van der Waals surface area contributed by atoms with Crippen molar-refractivity contribution in [1.82, 2.24) is 4.90 Å². The average molecular weight is 195 g/mol. The number of hydrogen-bond acceptors (Lipinski definition) is 1. The molecule has 0 aromatic heterocycles. The van der Waals surface area contributed by atoms with Gasteiger partial charge in [-0.25, -0.2) is 0 Å². The molecule has 0 bridgehead atoms. The van der Waals surface area contributed by atoms with Crippen LogP contribution in [-0.2, 0) is 4.79 Å². The topological polar surface area (TPSA) is 20.3 Å². The fraction of sp³-hybridized carbons (Fsp3) is 0.750. The highest BCUT2D eigenvalue weighted by Gasteiger charge is 2.36. The third kappa shape index (κ3) is 1.99. The van der Waals surface area contributed by atoms with Crippen LogP contribution in [0.3, 0.4) is 0 Å². The highest BCUT2D eigenvalue weighted by atomic mass is 16.2. The molecule has 0 unspecified atom stereocenters. The maximum Gasteiger partial charge on any atom is 0.250 e. The van der Waals surface area contributed by atoms with E-state index in [-0.39, 0.29) is 16.9 Å². The van der Waals surface area contributed by atoms with Crippen LogP contribution in [0.2, 0.25) is 0 Å². The van der Waals surface area contributed by atoms with E-state index >= 15 is 0 Å². The molecule has 14 heavy (non-hydrogen) atoms. The van der Waals surface area contributed by atoms with Crippen LogP contribution in [0, 0.1) is 5.41 Å². The van der Waals surface area contributed by atoms with Crippen LogP contribution in [-0.4, -0.2) is 22.9 Å². The van der Waals surface area contributed by atoms with Crippen molar-refractivity contribution in [2.24, 2.45) is 5.41 Å². The Hall–Kier alpha value is -0.790. The largest absolute Gasteiger partial charge is 0.330 e. The van der Waals surface area contributed by atoms with Gasteiger partial charge in [0.05, 0.1) is 0 Å². The smallest absolute Gasteiger partial charge is 0.250 e. The van der Waals surface area contributed by atoms with Gasteiger partial charge in [0.1, 0.15) is 0 Å². The van der Waals surface area contributed by atoms with Gasteiger partial charge in [-0.05, 0) is 26.2 Å². The standard InChI is InChI=1S/C12H21NO/c1-11(2,3)9-7-8-13(10(9)14)12(4,5)6/h7H,8H2,1-6H3. The number of hydrogen-bond donors (Lipinski definition) is 0. The maximum atomic E-state index is 12.1. The molecule has 2 heteroatoms. The summed E-state index contributed by atoms with van der Waals surface area (Å²) in [5.74, 6) is 0.199. The van der Waals surface area contributed by atoms with Gasteiger partial charge in [0.2, 0.25) is 0 Å². The van der Waals surface area contributed by atoms with Crippen LogP contribution in [0.25, 0.3) is 0 Å². The number of nitrogens with zero attached hydrogens (tertiary/aromatic N) is 1. The first-order valence-corrected chi connectivity index (χ1v) is 5.16. The van der Waals surface area contributed by atoms with Crippen molar-refractivity contribution in [3.8, 4) is 0 Å². The SMILES string of the molecule is CC(C)(C)C1=CCN(C(C)(C)C)C1=O. The predicted molar refractivity (Wildman–Crippen MR) is 59.0 cm³/mol. The lowest BCUT2D eigenvalue weighted by molar-refractivity contribution is -0.130. The molecule has 0 fully saturated rings. The Bertz CT molecular complexity index is 276. The summed E-state index contributed by atoms with van der Waals surface area (Å²) in [7, 11) is 0. The first-order chi connectivity index (χ1) is 6.14. The molecule has 80 valence electrons. The van der Waals surface area contributed by atoms with E-state index in [1.807, 2.05) is 4.90 Å². The number of amides is 1. The molecule has 0 aromatic rings. The summed E-state index contributed by atoms with van der Waals surface area (Å²) < 4.78 is 0. The Labute approximate surface area is 87.0 Å². The molecule has 0 N–H and O–H groups in total. The molecule has 1 rings (SSSR count). The van der Waals surface area contributed by atoms with Gasteiger partial charge in [-0.15, -0.1) is 0 Å². The van der Waals surface area contributed by atoms with Crippen LogP contribution in [0.5, 0.6) is 0 Å². The van der Waals surface area contributed by atoms with Crippen LogP contribution in [0.15, 0.2) is 11.6 Å². The molecule has 0 spiro atoms. The second-order valence-electron chi connectivity index (χ2n) is 5.95. The molecule has 0 aromatic carbocycles. The van der Waals surface area contributed by atoms with E-state index in [0.29, 0.717) is 0 Å². The highest BCUT2D eigenvalue weighted by molar-refractivity contribution is 5.97. The van der Waals surface area contributed by atoms with Gasteiger partial charge in [0.25, 0.3) is 5.91 Å². The average Bonchev–Trinajstić information content (AvgIpc) is 2.26. The summed E-state index contributed by atoms with van der Waals surface area (Å²) in [6.07, 6.45) is 2.06. The first kappa shape index (κ1) is 11.3. The fourth-order valence-electron chi connectivity index (χ4n) is 1.70. The molecule has 1 amide bonds. The quantitative estimate of drug-likeness (QED) is 0.582. The van der Waals surface area contributed by atoms with Crippen molar-refractivity contribution in [2.75, 3.05) is 6.54 Å². The molecule has 0 saturated carbocycles. The van der Waals surface area contributed by atoms with Crippen molar-refractivity contribution in [1.29, 1.82) is 0 Å². The van der Waals surface area contributed by atoms with Crippen molar-refractivity contribution in [3.05, 3.63) is 11.6 Å². The normalized spacial score (nSPS) is 18.9. The van der Waals surface area contributed by atoms with E-state index in [1.165, 1.54) is 0 Å². The third-order valence-corrected chi connectivity index (χ3v) is 2.57. The van der Waals surface area contributed by atoms with Crippen molar-refractivity contribution in [3.63, 3.8) is 0 Å². The van der Waals surface area contributed by atoms with Crippen molar-refractivity contribution >= 4 is 5.91 Å². The minimum atomic E-state index is -0.0689. The zero-order chi connectivity index (χ0) is 11.1. The lowest BCUT2D eigenvalue weighted by Gasteiger charge is -2.33. The van der Waals surface area contributed by atoms with E-state index in [9.17, 15) is 4.79 Å². The lowest BCUT2D eigenvalue weighted by Crippen LogP contribution is -2.44. The summed E-state index contributed by atoms with van der Waals surface area (Å²) in [6.45, 7) is 13.2. The van der Waals surface area contributed by atoms with Crippen molar-refractivity contribution in [2.45, 2.75) is 47.1 Å². The van der Waals surface area contributed by atoms with Gasteiger partial charge in [-0.2, -0.15) is 0 Å². The predicted octanol–water partition coefficient (Wildman–Crippen LogP) is 2.60. The summed E-state index contributed by atoms with van der Waals surface area (Å²) in [4.78, 5) is 14.0. The van der Waals surface area contributed by atoms with Crippen molar-refractivity contribution < 1.29 is 4.79 Å². The summed E-state index contributed by atoms with van der Waals surface area (Å²) in [6, 6.07) is 0. The van der Waals surface area contributed by atoms with Gasteiger partial charge >= 0.3 is 0 Å². The maximum absolute atomic E-state index is 12.1. The van der Waals surface area contributed by atoms with Crippen LogP contribution in [0.4, 0.5) is 0 Å². The molecule has 0 radical (unpaired) electrons. The van der Waals surface area contributed by atoms with E-state index in [1.54, 1.807) is 0 Å². The first-order valence-electron chi connectivity index (χ1n) is 5.16. The molecule has 1 aliphatic rings. The Kier molecular flexibility index (Phi) is 2.51. The van der Waals surface area contributed by atoms with E-state index in [2.05, 4.69) is 47.6 Å².